The van der Waals surface area contributed by atoms with E-state index < -0.39 is 47.8 Å². The lowest BCUT2D eigenvalue weighted by Gasteiger charge is -2.44. The number of esters is 4. The van der Waals surface area contributed by atoms with Gasteiger partial charge in [-0.3, -0.25) is 4.90 Å². The minimum absolute atomic E-state index is 0.0318. The lowest BCUT2D eigenvalue weighted by Crippen LogP contribution is -2.52. The Morgan fingerprint density at radius 1 is 0.729 bits per heavy atom. The van der Waals surface area contributed by atoms with Crippen molar-refractivity contribution in [2.75, 3.05) is 19.7 Å². The first-order valence-corrected chi connectivity index (χ1v) is 18.7. The molecular formula is C45H42FNO12. The van der Waals surface area contributed by atoms with Gasteiger partial charge in [0.05, 0.1) is 22.8 Å². The second-order valence-electron chi connectivity index (χ2n) is 13.9. The van der Waals surface area contributed by atoms with Crippen LogP contribution in [0.1, 0.15) is 56.4 Å². The fourth-order valence-electron chi connectivity index (χ4n) is 6.60. The van der Waals surface area contributed by atoms with Crippen molar-refractivity contribution in [3.05, 3.63) is 167 Å². The zero-order valence-corrected chi connectivity index (χ0v) is 31.6. The summed E-state index contributed by atoms with van der Waals surface area (Å²) in [6.07, 6.45) is -4.46. The van der Waals surface area contributed by atoms with Crippen molar-refractivity contribution in [3.8, 4) is 11.5 Å². The van der Waals surface area contributed by atoms with Gasteiger partial charge in [-0.1, -0.05) is 78.9 Å². The number of aliphatic hydroxyl groups is 4. The van der Waals surface area contributed by atoms with E-state index >= 15 is 0 Å². The van der Waals surface area contributed by atoms with E-state index in [1.54, 1.807) is 24.3 Å². The standard InChI is InChI=1S/C27H28FNO4.C18H14O8/c28-21-8-6-20(7-9-21)27(31)12-14-29(15-13-27)24-18-33-25-16-22(10-11-23(25)26(24)30)32-17-19-4-2-1-3-5-19;19-13(17(23)25-15(21)11-7-3-1-4-8-11)14(20)18(24)26-16(22)12-9-5-2-6-10-12/h1-11,16,24,26,30-31H,12-15,17-18H2;1-10,13-14,19-20H. The van der Waals surface area contributed by atoms with E-state index in [4.69, 9.17) is 9.47 Å². The predicted octanol–water partition coefficient (Wildman–Crippen LogP) is 4.66. The van der Waals surface area contributed by atoms with Crippen LogP contribution in [0.4, 0.5) is 4.39 Å². The van der Waals surface area contributed by atoms with Gasteiger partial charge in [-0.15, -0.1) is 0 Å². The van der Waals surface area contributed by atoms with E-state index in [-0.39, 0.29) is 23.0 Å². The number of carbonyl (C=O) groups excluding carboxylic acids is 4. The normalized spacial score (nSPS) is 18.0. The van der Waals surface area contributed by atoms with Crippen LogP contribution in [0, 0.1) is 5.82 Å². The molecule has 59 heavy (non-hydrogen) atoms. The van der Waals surface area contributed by atoms with Gasteiger partial charge in [-0.05, 0) is 72.5 Å². The lowest BCUT2D eigenvalue weighted by molar-refractivity contribution is -0.166. The molecule has 1 saturated heterocycles. The molecule has 5 aromatic rings. The first kappa shape index (κ1) is 42.3. The molecule has 4 atom stereocenters. The highest BCUT2D eigenvalue weighted by Gasteiger charge is 2.40. The van der Waals surface area contributed by atoms with Crippen molar-refractivity contribution >= 4 is 23.9 Å². The molecule has 13 nitrogen and oxygen atoms in total. The number of fused-ring (bicyclic) bond motifs is 1. The van der Waals surface area contributed by atoms with E-state index in [2.05, 4.69) is 14.4 Å². The number of halogens is 1. The molecule has 306 valence electrons. The van der Waals surface area contributed by atoms with E-state index in [0.29, 0.717) is 50.6 Å². The molecule has 4 N–H and O–H groups in total. The number of likely N-dealkylation sites (tertiary alicyclic amines) is 1. The van der Waals surface area contributed by atoms with Gasteiger partial charge in [0, 0.05) is 24.7 Å². The van der Waals surface area contributed by atoms with Gasteiger partial charge in [0.2, 0.25) is 0 Å². The van der Waals surface area contributed by atoms with Crippen molar-refractivity contribution in [1.82, 2.24) is 4.90 Å². The number of hydrogen-bond acceptors (Lipinski definition) is 13. The topological polar surface area (TPSA) is 189 Å². The summed E-state index contributed by atoms with van der Waals surface area (Å²) >= 11 is 0. The Balaban J connectivity index is 0.000000205. The molecule has 0 spiro atoms. The summed E-state index contributed by atoms with van der Waals surface area (Å²) in [4.78, 5) is 49.0. The molecule has 0 radical (unpaired) electrons. The van der Waals surface area contributed by atoms with Gasteiger partial charge in [0.15, 0.2) is 12.2 Å². The third-order valence-corrected chi connectivity index (χ3v) is 9.99. The number of nitrogens with zero attached hydrogens (tertiary/aromatic N) is 1. The molecule has 0 aromatic heterocycles. The van der Waals surface area contributed by atoms with Crippen LogP contribution in [0.5, 0.6) is 11.5 Å². The van der Waals surface area contributed by atoms with Crippen LogP contribution in [0.25, 0.3) is 0 Å². The van der Waals surface area contributed by atoms with Gasteiger partial charge < -0.3 is 39.4 Å². The highest BCUT2D eigenvalue weighted by atomic mass is 19.1. The highest BCUT2D eigenvalue weighted by Crippen LogP contribution is 2.40. The van der Waals surface area contributed by atoms with Crippen LogP contribution in [-0.4, -0.2) is 87.1 Å². The molecule has 2 aliphatic rings. The van der Waals surface area contributed by atoms with Crippen LogP contribution in [0.2, 0.25) is 0 Å². The first-order chi connectivity index (χ1) is 28.4. The summed E-state index contributed by atoms with van der Waals surface area (Å²) in [5.41, 5.74) is 1.65. The minimum Gasteiger partial charge on any atom is -0.491 e. The van der Waals surface area contributed by atoms with Gasteiger partial charge in [-0.25, -0.2) is 23.6 Å². The maximum Gasteiger partial charge on any atom is 0.346 e. The van der Waals surface area contributed by atoms with E-state index in [1.165, 1.54) is 60.7 Å². The zero-order chi connectivity index (χ0) is 41.9. The molecule has 0 amide bonds. The fraction of sp³-hybridized carbons (Fsp3) is 0.244. The van der Waals surface area contributed by atoms with Crippen LogP contribution in [-0.2, 0) is 31.3 Å². The molecule has 2 heterocycles. The van der Waals surface area contributed by atoms with Crippen molar-refractivity contribution in [1.29, 1.82) is 0 Å². The Morgan fingerprint density at radius 3 is 1.76 bits per heavy atom. The number of ether oxygens (including phenoxy) is 4. The van der Waals surface area contributed by atoms with E-state index in [9.17, 15) is 44.0 Å². The molecular weight excluding hydrogens is 765 g/mol. The Morgan fingerprint density at radius 2 is 1.24 bits per heavy atom. The number of benzene rings is 5. The summed E-state index contributed by atoms with van der Waals surface area (Å²) < 4.78 is 33.9. The van der Waals surface area contributed by atoms with Crippen LogP contribution in [0.15, 0.2) is 133 Å². The van der Waals surface area contributed by atoms with Crippen molar-refractivity contribution in [3.63, 3.8) is 0 Å². The predicted molar refractivity (Wildman–Crippen MR) is 208 cm³/mol. The summed E-state index contributed by atoms with van der Waals surface area (Å²) in [5.74, 6) is -4.23. The van der Waals surface area contributed by atoms with Gasteiger partial charge in [0.25, 0.3) is 0 Å². The molecule has 2 aliphatic heterocycles. The van der Waals surface area contributed by atoms with Gasteiger partial charge >= 0.3 is 23.9 Å². The highest BCUT2D eigenvalue weighted by molar-refractivity contribution is 6.01. The monoisotopic (exact) mass is 807 g/mol. The Kier molecular flexibility index (Phi) is 13.9. The average molecular weight is 808 g/mol. The molecule has 7 rings (SSSR count). The molecule has 0 bridgehead atoms. The van der Waals surface area contributed by atoms with Crippen LogP contribution >= 0.6 is 0 Å². The first-order valence-electron chi connectivity index (χ1n) is 18.7. The number of carbonyl (C=O) groups is 4. The van der Waals surface area contributed by atoms with Gasteiger partial charge in [-0.2, -0.15) is 0 Å². The summed E-state index contributed by atoms with van der Waals surface area (Å²) in [7, 11) is 0. The van der Waals surface area contributed by atoms with Crippen LogP contribution in [0.3, 0.4) is 0 Å². The summed E-state index contributed by atoms with van der Waals surface area (Å²) in [6, 6.07) is 36.2. The van der Waals surface area contributed by atoms with Gasteiger partial charge in [0.1, 0.15) is 36.6 Å². The lowest BCUT2D eigenvalue weighted by atomic mass is 9.83. The Bertz CT molecular complexity index is 2130. The molecule has 0 saturated carbocycles. The quantitative estimate of drug-likeness (QED) is 0.113. The van der Waals surface area contributed by atoms with E-state index in [1.807, 2.05) is 48.5 Å². The van der Waals surface area contributed by atoms with E-state index in [0.717, 1.165) is 16.7 Å². The average Bonchev–Trinajstić information content (AvgIpc) is 3.27. The fourth-order valence-corrected chi connectivity index (χ4v) is 6.60. The summed E-state index contributed by atoms with van der Waals surface area (Å²) in [6.45, 7) is 2.07. The Labute approximate surface area is 338 Å². The number of hydrogen-bond donors (Lipinski definition) is 4. The second kappa shape index (κ2) is 19.4. The Hall–Kier alpha value is -6.29. The summed E-state index contributed by atoms with van der Waals surface area (Å²) in [5, 5.41) is 41.5. The van der Waals surface area contributed by atoms with Crippen molar-refractivity contribution in [2.45, 2.75) is 49.4 Å². The third-order valence-electron chi connectivity index (χ3n) is 9.99. The maximum absolute atomic E-state index is 13.3. The zero-order valence-electron chi connectivity index (χ0n) is 31.6. The molecule has 4 unspecified atom stereocenters. The maximum atomic E-state index is 13.3. The molecule has 14 heteroatoms. The minimum atomic E-state index is -2.40. The van der Waals surface area contributed by atoms with Crippen molar-refractivity contribution < 1.29 is 62.9 Å². The second-order valence-corrected chi connectivity index (χ2v) is 13.9. The molecule has 1 fully saturated rings. The molecule has 5 aromatic carbocycles. The molecule has 0 aliphatic carbocycles. The largest absolute Gasteiger partial charge is 0.491 e. The smallest absolute Gasteiger partial charge is 0.346 e. The third kappa shape index (κ3) is 10.8. The number of aliphatic hydroxyl groups excluding tert-OH is 3. The van der Waals surface area contributed by atoms with Crippen LogP contribution < -0.4 is 9.47 Å². The SMILES string of the molecule is O=C(OC(=O)C(O)C(O)C(=O)OC(=O)c1ccccc1)c1ccccc1.OC1c2ccc(OCc3ccccc3)cc2OCC1N1CCC(O)(c2ccc(F)cc2)CC1. The van der Waals surface area contributed by atoms with Crippen molar-refractivity contribution in [2.24, 2.45) is 0 Å². The number of rotatable bonds is 10. The number of piperidine rings is 1.